The molecule has 0 atom stereocenters. The van der Waals surface area contributed by atoms with Crippen LogP contribution in [0.15, 0.2) is 23.6 Å². The van der Waals surface area contributed by atoms with Crippen molar-refractivity contribution in [1.29, 1.82) is 5.26 Å². The summed E-state index contributed by atoms with van der Waals surface area (Å²) < 4.78 is 0. The molecule has 0 aliphatic rings. The van der Waals surface area contributed by atoms with Crippen molar-refractivity contribution in [1.82, 2.24) is 0 Å². The van der Waals surface area contributed by atoms with Crippen molar-refractivity contribution in [2.24, 2.45) is 0 Å². The molecule has 24 heavy (non-hydrogen) atoms. The number of hydrogen-bond acceptors (Lipinski definition) is 3. The number of hydrogen-bond donors (Lipinski definition) is 0. The highest BCUT2D eigenvalue weighted by atomic mass is 32.1. The number of unbranched alkanes of at least 4 members (excludes halogenated alkanes) is 9. The summed E-state index contributed by atoms with van der Waals surface area (Å²) in [6.07, 6.45) is 15.1. The van der Waals surface area contributed by atoms with E-state index < -0.39 is 0 Å². The second-order valence-electron chi connectivity index (χ2n) is 6.53. The Balaban J connectivity index is 1.56. The molecule has 0 unspecified atom stereocenters. The van der Waals surface area contributed by atoms with Crippen LogP contribution in [0.4, 0.5) is 0 Å². The Morgan fingerprint density at radius 3 is 2.17 bits per heavy atom. The van der Waals surface area contributed by atoms with E-state index in [4.69, 9.17) is 5.26 Å². The molecule has 0 spiro atoms. The van der Waals surface area contributed by atoms with E-state index >= 15 is 0 Å². The van der Waals surface area contributed by atoms with Gasteiger partial charge >= 0.3 is 0 Å². The Kier molecular flexibility index (Phi) is 9.16. The van der Waals surface area contributed by atoms with Gasteiger partial charge in [0.1, 0.15) is 10.9 Å². The average Bonchev–Trinajstić information content (AvgIpc) is 3.25. The third-order valence-electron chi connectivity index (χ3n) is 4.43. The molecule has 2 aromatic rings. The standard InChI is InChI=1S/C21H29NS2/c1-2-3-4-5-6-7-8-9-10-11-12-18-15-21(23-17-18)20-14-13-19(16-22)24-20/h13-15,17H,2-12H2,1H3. The molecule has 3 heteroatoms. The minimum absolute atomic E-state index is 0.801. The molecule has 0 bridgehead atoms. The molecule has 2 rings (SSSR count). The van der Waals surface area contributed by atoms with Crippen molar-refractivity contribution in [2.75, 3.05) is 0 Å². The molecule has 0 aliphatic carbocycles. The van der Waals surface area contributed by atoms with Crippen molar-refractivity contribution in [3.63, 3.8) is 0 Å². The topological polar surface area (TPSA) is 23.8 Å². The predicted octanol–water partition coefficient (Wildman–Crippen LogP) is 7.81. The Hall–Kier alpha value is -1.11. The van der Waals surface area contributed by atoms with Gasteiger partial charge < -0.3 is 0 Å². The van der Waals surface area contributed by atoms with Crippen LogP contribution >= 0.6 is 22.7 Å². The van der Waals surface area contributed by atoms with Crippen LogP contribution in [0, 0.1) is 11.3 Å². The molecular weight excluding hydrogens is 330 g/mol. The summed E-state index contributed by atoms with van der Waals surface area (Å²) in [5.74, 6) is 0. The molecule has 0 aromatic carbocycles. The zero-order valence-electron chi connectivity index (χ0n) is 14.9. The fourth-order valence-corrected chi connectivity index (χ4v) is 4.83. The van der Waals surface area contributed by atoms with Crippen molar-refractivity contribution in [2.45, 2.75) is 77.6 Å². The van der Waals surface area contributed by atoms with Crippen LogP contribution < -0.4 is 0 Å². The summed E-state index contributed by atoms with van der Waals surface area (Å²) in [4.78, 5) is 3.34. The molecule has 0 saturated carbocycles. The molecule has 2 aromatic heterocycles. The fourth-order valence-electron chi connectivity index (χ4n) is 2.98. The molecule has 0 saturated heterocycles. The van der Waals surface area contributed by atoms with Gasteiger partial charge in [0, 0.05) is 9.75 Å². The second kappa shape index (κ2) is 11.4. The highest BCUT2D eigenvalue weighted by Crippen LogP contribution is 2.33. The molecule has 130 valence electrons. The summed E-state index contributed by atoms with van der Waals surface area (Å²) in [7, 11) is 0. The van der Waals surface area contributed by atoms with Crippen molar-refractivity contribution < 1.29 is 0 Å². The van der Waals surface area contributed by atoms with Gasteiger partial charge in [0.15, 0.2) is 0 Å². The van der Waals surface area contributed by atoms with E-state index in [1.54, 1.807) is 11.3 Å². The lowest BCUT2D eigenvalue weighted by atomic mass is 10.0. The van der Waals surface area contributed by atoms with Crippen molar-refractivity contribution in [3.05, 3.63) is 34.0 Å². The van der Waals surface area contributed by atoms with Gasteiger partial charge in [0.05, 0.1) is 0 Å². The number of aryl methyl sites for hydroxylation is 1. The Labute approximate surface area is 155 Å². The van der Waals surface area contributed by atoms with Crippen LogP contribution in [0.3, 0.4) is 0 Å². The molecule has 0 fully saturated rings. The van der Waals surface area contributed by atoms with E-state index in [1.165, 1.54) is 85.9 Å². The monoisotopic (exact) mass is 359 g/mol. The lowest BCUT2D eigenvalue weighted by Crippen LogP contribution is -1.84. The molecule has 0 radical (unpaired) electrons. The first-order valence-electron chi connectivity index (χ1n) is 9.41. The first kappa shape index (κ1) is 19.2. The molecule has 0 amide bonds. The minimum atomic E-state index is 0.801. The van der Waals surface area contributed by atoms with Gasteiger partial charge in [-0.15, -0.1) is 22.7 Å². The van der Waals surface area contributed by atoms with E-state index in [0.717, 1.165) is 4.88 Å². The Morgan fingerprint density at radius 2 is 1.54 bits per heavy atom. The zero-order valence-corrected chi connectivity index (χ0v) is 16.5. The first-order valence-corrected chi connectivity index (χ1v) is 11.1. The lowest BCUT2D eigenvalue weighted by molar-refractivity contribution is 0.556. The van der Waals surface area contributed by atoms with E-state index in [9.17, 15) is 0 Å². The fraction of sp³-hybridized carbons (Fsp3) is 0.571. The third kappa shape index (κ3) is 6.79. The molecule has 2 heterocycles. The first-order chi connectivity index (χ1) is 11.8. The highest BCUT2D eigenvalue weighted by molar-refractivity contribution is 7.21. The molecule has 0 N–H and O–H groups in total. The van der Waals surface area contributed by atoms with Crippen molar-refractivity contribution in [3.8, 4) is 15.8 Å². The molecule has 0 aliphatic heterocycles. The maximum absolute atomic E-state index is 8.93. The second-order valence-corrected chi connectivity index (χ2v) is 8.52. The maximum Gasteiger partial charge on any atom is 0.110 e. The van der Waals surface area contributed by atoms with Gasteiger partial charge in [0.25, 0.3) is 0 Å². The number of rotatable bonds is 12. The van der Waals surface area contributed by atoms with E-state index in [0.29, 0.717) is 0 Å². The van der Waals surface area contributed by atoms with Gasteiger partial charge in [-0.1, -0.05) is 64.7 Å². The summed E-state index contributed by atoms with van der Waals surface area (Å²) in [6.45, 7) is 2.28. The van der Waals surface area contributed by atoms with Crippen LogP contribution in [0.1, 0.15) is 81.6 Å². The van der Waals surface area contributed by atoms with Gasteiger partial charge in [0.2, 0.25) is 0 Å². The van der Waals surface area contributed by atoms with Crippen LogP contribution in [0.25, 0.3) is 9.75 Å². The summed E-state index contributed by atoms with van der Waals surface area (Å²) in [5.41, 5.74) is 1.46. The largest absolute Gasteiger partial charge is 0.192 e. The Bertz CT molecular complexity index is 618. The maximum atomic E-state index is 8.93. The van der Waals surface area contributed by atoms with Gasteiger partial charge in [-0.2, -0.15) is 5.26 Å². The van der Waals surface area contributed by atoms with Crippen LogP contribution in [-0.4, -0.2) is 0 Å². The summed E-state index contributed by atoms with van der Waals surface area (Å²) in [5, 5.41) is 11.2. The summed E-state index contributed by atoms with van der Waals surface area (Å²) >= 11 is 3.40. The zero-order chi connectivity index (χ0) is 17.0. The molecular formula is C21H29NS2. The minimum Gasteiger partial charge on any atom is -0.192 e. The van der Waals surface area contributed by atoms with Gasteiger partial charge in [-0.3, -0.25) is 0 Å². The highest BCUT2D eigenvalue weighted by Gasteiger charge is 2.06. The van der Waals surface area contributed by atoms with E-state index in [2.05, 4.69) is 30.5 Å². The van der Waals surface area contributed by atoms with Crippen LogP contribution in [0.2, 0.25) is 0 Å². The quantitative estimate of drug-likeness (QED) is 0.354. The van der Waals surface area contributed by atoms with E-state index in [-0.39, 0.29) is 0 Å². The van der Waals surface area contributed by atoms with Gasteiger partial charge in [-0.05, 0) is 42.0 Å². The van der Waals surface area contributed by atoms with Crippen molar-refractivity contribution >= 4 is 22.7 Å². The normalized spacial score (nSPS) is 10.8. The predicted molar refractivity (Wildman–Crippen MR) is 108 cm³/mol. The number of thiophene rings is 2. The number of nitrogens with zero attached hydrogens (tertiary/aromatic N) is 1. The SMILES string of the molecule is CCCCCCCCCCCCc1csc(-c2ccc(C#N)s2)c1. The van der Waals surface area contributed by atoms with Gasteiger partial charge in [-0.25, -0.2) is 0 Å². The summed E-state index contributed by atoms with van der Waals surface area (Å²) in [6, 6.07) is 8.52. The van der Waals surface area contributed by atoms with Crippen LogP contribution in [-0.2, 0) is 6.42 Å². The lowest BCUT2D eigenvalue weighted by Gasteiger charge is -2.02. The average molecular weight is 360 g/mol. The smallest absolute Gasteiger partial charge is 0.110 e. The third-order valence-corrected chi connectivity index (χ3v) is 6.60. The van der Waals surface area contributed by atoms with Crippen LogP contribution in [0.5, 0.6) is 0 Å². The number of nitriles is 1. The molecule has 1 nitrogen and oxygen atoms in total. The van der Waals surface area contributed by atoms with E-state index in [1.807, 2.05) is 17.4 Å². The Morgan fingerprint density at radius 1 is 0.875 bits per heavy atom.